The number of guanidine groups is 1. The van der Waals surface area contributed by atoms with Crippen LogP contribution in [0.25, 0.3) is 0 Å². The number of carbonyl (C=O) groups is 3. The first-order valence-electron chi connectivity index (χ1n) is 8.72. The molecule has 158 valence electrons. The Labute approximate surface area is 173 Å². The van der Waals surface area contributed by atoms with E-state index in [1.54, 1.807) is 38.1 Å². The molecular formula is C18H25N5O5S. The molecule has 1 rings (SSSR count). The van der Waals surface area contributed by atoms with Gasteiger partial charge in [0, 0.05) is 6.42 Å². The minimum absolute atomic E-state index is 0.0708. The third-order valence-corrected chi connectivity index (χ3v) is 4.08. The molecule has 11 heteroatoms. The number of thiocarbonyl (C=S) groups is 1. The van der Waals surface area contributed by atoms with Gasteiger partial charge in [0.05, 0.1) is 17.1 Å². The maximum Gasteiger partial charge on any atom is 0.326 e. The number of carboxylic acids is 2. The van der Waals surface area contributed by atoms with E-state index in [4.69, 9.17) is 28.8 Å². The van der Waals surface area contributed by atoms with Crippen molar-refractivity contribution >= 4 is 46.7 Å². The maximum atomic E-state index is 12.4. The number of carbonyl (C=O) groups excluding carboxylic acids is 1. The molecule has 0 heterocycles. The highest BCUT2D eigenvalue weighted by Crippen LogP contribution is 2.13. The molecule has 2 atom stereocenters. The Kier molecular flexibility index (Phi) is 9.00. The molecule has 0 fully saturated rings. The predicted molar refractivity (Wildman–Crippen MR) is 112 cm³/mol. The van der Waals surface area contributed by atoms with E-state index in [-0.39, 0.29) is 23.3 Å². The first-order chi connectivity index (χ1) is 13.5. The lowest BCUT2D eigenvalue weighted by Crippen LogP contribution is -2.53. The molecular weight excluding hydrogens is 398 g/mol. The zero-order valence-corrected chi connectivity index (χ0v) is 16.9. The van der Waals surface area contributed by atoms with Crippen molar-refractivity contribution in [2.75, 3.05) is 0 Å². The Morgan fingerprint density at radius 2 is 1.69 bits per heavy atom. The summed E-state index contributed by atoms with van der Waals surface area (Å²) >= 11 is 5.24. The normalized spacial score (nSPS) is 12.5. The van der Waals surface area contributed by atoms with Gasteiger partial charge in [0.2, 0.25) is 5.91 Å². The fourth-order valence-corrected chi connectivity index (χ4v) is 2.73. The van der Waals surface area contributed by atoms with Gasteiger partial charge in [-0.05, 0) is 23.6 Å². The number of carboxylic acid groups (broad SMARTS) is 2. The number of hydrogen-bond acceptors (Lipinski definition) is 5. The summed E-state index contributed by atoms with van der Waals surface area (Å²) in [6, 6.07) is 4.49. The minimum Gasteiger partial charge on any atom is -0.481 e. The Balaban J connectivity index is 2.82. The van der Waals surface area contributed by atoms with E-state index in [0.717, 1.165) is 5.56 Å². The van der Waals surface area contributed by atoms with Crippen molar-refractivity contribution in [3.05, 3.63) is 29.8 Å². The van der Waals surface area contributed by atoms with E-state index in [1.807, 2.05) is 0 Å². The highest BCUT2D eigenvalue weighted by atomic mass is 32.1. The van der Waals surface area contributed by atoms with Crippen molar-refractivity contribution in [1.82, 2.24) is 10.6 Å². The van der Waals surface area contributed by atoms with Crippen LogP contribution in [0.1, 0.15) is 25.8 Å². The standard InChI is InChI=1S/C18H25N5O5S/c1-9(2)15(17(27)28)23-16(26)12(8-14(24)25)22-13(29)7-10-3-5-11(6-4-10)21-18(19)20/h3-6,9,12,15H,7-8H2,1-2H3,(H,22,29)(H,23,26)(H,24,25)(H,27,28)(H4,19,20,21)/t12-,15-/m0/s1. The number of nitrogens with one attached hydrogen (secondary N) is 2. The van der Waals surface area contributed by atoms with E-state index in [0.29, 0.717) is 5.69 Å². The minimum atomic E-state index is -1.22. The van der Waals surface area contributed by atoms with Crippen LogP contribution in [0.2, 0.25) is 0 Å². The molecule has 0 unspecified atom stereocenters. The summed E-state index contributed by atoms with van der Waals surface area (Å²) in [5.74, 6) is -3.63. The molecule has 0 radical (unpaired) electrons. The highest BCUT2D eigenvalue weighted by molar-refractivity contribution is 7.80. The monoisotopic (exact) mass is 423 g/mol. The van der Waals surface area contributed by atoms with Crippen molar-refractivity contribution < 1.29 is 24.6 Å². The van der Waals surface area contributed by atoms with Gasteiger partial charge in [-0.1, -0.05) is 38.2 Å². The zero-order valence-electron chi connectivity index (χ0n) is 16.1. The molecule has 0 spiro atoms. The average molecular weight is 423 g/mol. The Morgan fingerprint density at radius 1 is 1.10 bits per heavy atom. The van der Waals surface area contributed by atoms with Crippen LogP contribution in [-0.4, -0.2) is 51.1 Å². The van der Waals surface area contributed by atoms with Gasteiger partial charge in [0.1, 0.15) is 12.1 Å². The van der Waals surface area contributed by atoms with Crippen molar-refractivity contribution in [2.45, 2.75) is 38.8 Å². The van der Waals surface area contributed by atoms with Gasteiger partial charge >= 0.3 is 11.9 Å². The van der Waals surface area contributed by atoms with E-state index >= 15 is 0 Å². The van der Waals surface area contributed by atoms with Gasteiger partial charge in [-0.3, -0.25) is 9.59 Å². The lowest BCUT2D eigenvalue weighted by Gasteiger charge is -2.23. The Hall–Kier alpha value is -3.21. The predicted octanol–water partition coefficient (Wildman–Crippen LogP) is 0.120. The molecule has 0 bridgehead atoms. The van der Waals surface area contributed by atoms with Crippen LogP contribution in [0, 0.1) is 5.92 Å². The summed E-state index contributed by atoms with van der Waals surface area (Å²) in [5, 5.41) is 23.3. The van der Waals surface area contributed by atoms with E-state index in [1.165, 1.54) is 0 Å². The Bertz CT molecular complexity index is 790. The number of benzene rings is 1. The first-order valence-corrected chi connectivity index (χ1v) is 9.13. The van der Waals surface area contributed by atoms with Crippen LogP contribution in [0.3, 0.4) is 0 Å². The largest absolute Gasteiger partial charge is 0.481 e. The third-order valence-electron chi connectivity index (χ3n) is 3.82. The second-order valence-corrected chi connectivity index (χ2v) is 7.16. The smallest absolute Gasteiger partial charge is 0.326 e. The number of rotatable bonds is 10. The van der Waals surface area contributed by atoms with E-state index in [9.17, 15) is 19.5 Å². The molecule has 0 aliphatic heterocycles. The quantitative estimate of drug-likeness (QED) is 0.173. The highest BCUT2D eigenvalue weighted by Gasteiger charge is 2.29. The van der Waals surface area contributed by atoms with Gasteiger partial charge in [-0.2, -0.15) is 0 Å². The number of aliphatic carboxylic acids is 2. The molecule has 10 nitrogen and oxygen atoms in total. The fraction of sp³-hybridized carbons (Fsp3) is 0.389. The van der Waals surface area contributed by atoms with Crippen molar-refractivity contribution in [3.8, 4) is 0 Å². The summed E-state index contributed by atoms with van der Waals surface area (Å²) < 4.78 is 0. The summed E-state index contributed by atoms with van der Waals surface area (Å²) in [4.78, 5) is 39.0. The van der Waals surface area contributed by atoms with Gasteiger partial charge in [0.15, 0.2) is 5.96 Å². The van der Waals surface area contributed by atoms with Crippen molar-refractivity contribution in [1.29, 1.82) is 0 Å². The average Bonchev–Trinajstić information content (AvgIpc) is 2.59. The Morgan fingerprint density at radius 3 is 2.14 bits per heavy atom. The molecule has 0 saturated carbocycles. The summed E-state index contributed by atoms with van der Waals surface area (Å²) in [6.45, 7) is 3.27. The van der Waals surface area contributed by atoms with Crippen molar-refractivity contribution in [2.24, 2.45) is 22.4 Å². The molecule has 8 N–H and O–H groups in total. The van der Waals surface area contributed by atoms with Crippen LogP contribution in [-0.2, 0) is 20.8 Å². The number of nitrogens with two attached hydrogens (primary N) is 2. The number of aliphatic imine (C=N–C) groups is 1. The number of nitrogens with zero attached hydrogens (tertiary/aromatic N) is 1. The molecule has 1 aromatic carbocycles. The zero-order chi connectivity index (χ0) is 22.1. The van der Waals surface area contributed by atoms with E-state index < -0.39 is 36.4 Å². The van der Waals surface area contributed by atoms with Crippen LogP contribution < -0.4 is 22.1 Å². The molecule has 0 aliphatic rings. The fourth-order valence-electron chi connectivity index (χ4n) is 2.42. The molecule has 1 aromatic rings. The van der Waals surface area contributed by atoms with Crippen LogP contribution in [0.15, 0.2) is 29.3 Å². The molecule has 0 saturated heterocycles. The lowest BCUT2D eigenvalue weighted by atomic mass is 10.0. The second-order valence-electron chi connectivity index (χ2n) is 6.67. The summed E-state index contributed by atoms with van der Waals surface area (Å²) in [6.07, 6.45) is -0.312. The van der Waals surface area contributed by atoms with Crippen molar-refractivity contribution in [3.63, 3.8) is 0 Å². The van der Waals surface area contributed by atoms with Crippen LogP contribution in [0.4, 0.5) is 5.69 Å². The van der Waals surface area contributed by atoms with E-state index in [2.05, 4.69) is 15.6 Å². The SMILES string of the molecule is CC(C)[C@H](NC(=O)[C@H](CC(=O)O)NC(=S)Cc1ccc(N=C(N)N)cc1)C(=O)O. The molecule has 0 aliphatic carbocycles. The summed E-state index contributed by atoms with van der Waals surface area (Å²) in [7, 11) is 0. The van der Waals surface area contributed by atoms with Gasteiger partial charge in [-0.25, -0.2) is 9.79 Å². The molecule has 0 aromatic heterocycles. The maximum absolute atomic E-state index is 12.4. The van der Waals surface area contributed by atoms with Gasteiger partial charge in [-0.15, -0.1) is 0 Å². The van der Waals surface area contributed by atoms with Gasteiger partial charge < -0.3 is 32.3 Å². The summed E-state index contributed by atoms with van der Waals surface area (Å²) in [5.41, 5.74) is 12.0. The van der Waals surface area contributed by atoms with Crippen LogP contribution in [0.5, 0.6) is 0 Å². The topological polar surface area (TPSA) is 180 Å². The second kappa shape index (κ2) is 11.0. The van der Waals surface area contributed by atoms with Crippen LogP contribution >= 0.6 is 12.2 Å². The first kappa shape index (κ1) is 23.8. The third kappa shape index (κ3) is 8.56. The van der Waals surface area contributed by atoms with Gasteiger partial charge in [0.25, 0.3) is 0 Å². The molecule has 1 amide bonds. The number of hydrogen-bond donors (Lipinski definition) is 6. The number of amides is 1. The lowest BCUT2D eigenvalue weighted by molar-refractivity contribution is -0.144. The molecule has 29 heavy (non-hydrogen) atoms.